The Morgan fingerprint density at radius 2 is 1.79 bits per heavy atom. The molecule has 4 heterocycles. The molecule has 154 valence electrons. The zero-order valence-corrected chi connectivity index (χ0v) is 16.3. The van der Waals surface area contributed by atoms with E-state index in [-0.39, 0.29) is 17.6 Å². The Balaban J connectivity index is 1.49. The van der Waals surface area contributed by atoms with E-state index in [1.165, 1.54) is 17.4 Å². The molecule has 5 rings (SSSR count). The SMILES string of the molecule is O=C(N[C@H]1CN2CCC1CC2)c1ccc(-c2ccccc2NC(=O)C(F)(F)F)s1. The number of fused-ring (bicyclic) bond motifs is 3. The summed E-state index contributed by atoms with van der Waals surface area (Å²) in [5.74, 6) is -1.69. The molecule has 3 saturated heterocycles. The molecule has 0 unspecified atom stereocenters. The van der Waals surface area contributed by atoms with E-state index in [0.717, 1.165) is 32.5 Å². The number of hydrogen-bond acceptors (Lipinski definition) is 4. The fourth-order valence-corrected chi connectivity index (χ4v) is 4.92. The summed E-state index contributed by atoms with van der Waals surface area (Å²) < 4.78 is 37.8. The van der Waals surface area contributed by atoms with E-state index in [4.69, 9.17) is 0 Å². The van der Waals surface area contributed by atoms with Crippen molar-refractivity contribution in [2.45, 2.75) is 25.1 Å². The third kappa shape index (κ3) is 4.30. The summed E-state index contributed by atoms with van der Waals surface area (Å²) in [6.45, 7) is 3.03. The van der Waals surface area contributed by atoms with Crippen molar-refractivity contribution in [1.82, 2.24) is 10.2 Å². The number of carbonyl (C=O) groups is 2. The van der Waals surface area contributed by atoms with Crippen LogP contribution in [0.4, 0.5) is 18.9 Å². The van der Waals surface area contributed by atoms with Crippen LogP contribution in [0.5, 0.6) is 0 Å². The number of carbonyl (C=O) groups excluding carboxylic acids is 2. The van der Waals surface area contributed by atoms with E-state index < -0.39 is 12.1 Å². The lowest BCUT2D eigenvalue weighted by molar-refractivity contribution is -0.167. The summed E-state index contributed by atoms with van der Waals surface area (Å²) in [5, 5.41) is 5.02. The summed E-state index contributed by atoms with van der Waals surface area (Å²) >= 11 is 1.19. The van der Waals surface area contributed by atoms with Gasteiger partial charge >= 0.3 is 12.1 Å². The number of nitrogens with zero attached hydrogens (tertiary/aromatic N) is 1. The van der Waals surface area contributed by atoms with E-state index in [1.807, 2.05) is 5.32 Å². The molecule has 29 heavy (non-hydrogen) atoms. The number of benzene rings is 1. The number of alkyl halides is 3. The molecule has 1 aromatic heterocycles. The third-order valence-electron chi connectivity index (χ3n) is 5.50. The van der Waals surface area contributed by atoms with Gasteiger partial charge in [-0.1, -0.05) is 18.2 Å². The molecule has 0 radical (unpaired) electrons. The highest BCUT2D eigenvalue weighted by molar-refractivity contribution is 7.17. The van der Waals surface area contributed by atoms with Crippen molar-refractivity contribution in [2.24, 2.45) is 5.92 Å². The monoisotopic (exact) mass is 423 g/mol. The van der Waals surface area contributed by atoms with Crippen LogP contribution in [0.1, 0.15) is 22.5 Å². The van der Waals surface area contributed by atoms with Crippen LogP contribution in [0.2, 0.25) is 0 Å². The van der Waals surface area contributed by atoms with Gasteiger partial charge in [0.2, 0.25) is 0 Å². The first-order chi connectivity index (χ1) is 13.8. The highest BCUT2D eigenvalue weighted by atomic mass is 32.1. The third-order valence-corrected chi connectivity index (χ3v) is 6.62. The van der Waals surface area contributed by atoms with Gasteiger partial charge in [-0.15, -0.1) is 11.3 Å². The lowest BCUT2D eigenvalue weighted by atomic mass is 9.84. The van der Waals surface area contributed by atoms with E-state index in [0.29, 0.717) is 21.2 Å². The van der Waals surface area contributed by atoms with Crippen LogP contribution in [0.15, 0.2) is 36.4 Å². The number of thiophene rings is 1. The quantitative estimate of drug-likeness (QED) is 0.788. The Morgan fingerprint density at radius 1 is 1.07 bits per heavy atom. The van der Waals surface area contributed by atoms with E-state index in [2.05, 4.69) is 10.2 Å². The Labute approximate surface area is 169 Å². The zero-order valence-electron chi connectivity index (χ0n) is 15.5. The summed E-state index contributed by atoms with van der Waals surface area (Å²) in [4.78, 5) is 27.5. The number of hydrogen-bond donors (Lipinski definition) is 2. The predicted octanol–water partition coefficient (Wildman–Crippen LogP) is 3.74. The van der Waals surface area contributed by atoms with Crippen LogP contribution in [0, 0.1) is 5.92 Å². The average Bonchev–Trinajstić information content (AvgIpc) is 3.19. The number of nitrogens with one attached hydrogen (secondary N) is 2. The van der Waals surface area contributed by atoms with Gasteiger partial charge in [0.1, 0.15) is 0 Å². The molecule has 9 heteroatoms. The lowest BCUT2D eigenvalue weighted by Gasteiger charge is -2.44. The van der Waals surface area contributed by atoms with E-state index in [1.54, 1.807) is 30.3 Å². The topological polar surface area (TPSA) is 61.4 Å². The van der Waals surface area contributed by atoms with Gasteiger partial charge in [0.05, 0.1) is 4.88 Å². The molecule has 0 aliphatic carbocycles. The van der Waals surface area contributed by atoms with Crippen molar-refractivity contribution in [3.63, 3.8) is 0 Å². The predicted molar refractivity (Wildman–Crippen MR) is 105 cm³/mol. The summed E-state index contributed by atoms with van der Waals surface area (Å²) in [6.07, 6.45) is -2.79. The summed E-state index contributed by atoms with van der Waals surface area (Å²) in [7, 11) is 0. The van der Waals surface area contributed by atoms with Crippen molar-refractivity contribution >= 4 is 28.8 Å². The van der Waals surface area contributed by atoms with E-state index >= 15 is 0 Å². The van der Waals surface area contributed by atoms with Gasteiger partial charge in [0.15, 0.2) is 0 Å². The van der Waals surface area contributed by atoms with Gasteiger partial charge in [-0.2, -0.15) is 13.2 Å². The van der Waals surface area contributed by atoms with Crippen molar-refractivity contribution < 1.29 is 22.8 Å². The fourth-order valence-electron chi connectivity index (χ4n) is 3.97. The Kier molecular flexibility index (Phi) is 5.35. The van der Waals surface area contributed by atoms with Gasteiger partial charge < -0.3 is 15.5 Å². The maximum Gasteiger partial charge on any atom is 0.471 e. The molecule has 1 atom stereocenters. The minimum absolute atomic E-state index is 0.0565. The highest BCUT2D eigenvalue weighted by Crippen LogP contribution is 2.35. The minimum atomic E-state index is -4.97. The van der Waals surface area contributed by atoms with Crippen LogP contribution >= 0.6 is 11.3 Å². The molecule has 3 fully saturated rings. The average molecular weight is 423 g/mol. The second kappa shape index (κ2) is 7.79. The molecule has 0 spiro atoms. The molecule has 2 amide bonds. The number of piperidine rings is 3. The number of para-hydroxylation sites is 1. The zero-order chi connectivity index (χ0) is 20.6. The Bertz CT molecular complexity index is 920. The molecule has 2 aromatic rings. The Hall–Kier alpha value is -2.39. The van der Waals surface area contributed by atoms with Gasteiger partial charge in [0, 0.05) is 28.7 Å². The number of halogens is 3. The van der Waals surface area contributed by atoms with Crippen LogP contribution < -0.4 is 10.6 Å². The standard InChI is InChI=1S/C20H20F3N3O2S/c21-20(22,23)19(28)25-14-4-2-1-3-13(14)16-5-6-17(29-16)18(27)24-15-11-26-9-7-12(15)8-10-26/h1-6,12,15H,7-11H2,(H,24,27)(H,25,28)/t15-/m0/s1. The fraction of sp³-hybridized carbons (Fsp3) is 0.400. The van der Waals surface area contributed by atoms with Gasteiger partial charge in [0.25, 0.3) is 5.91 Å². The maximum absolute atomic E-state index is 12.7. The van der Waals surface area contributed by atoms with Crippen molar-refractivity contribution in [3.05, 3.63) is 41.3 Å². The van der Waals surface area contributed by atoms with Crippen molar-refractivity contribution in [3.8, 4) is 10.4 Å². The van der Waals surface area contributed by atoms with Crippen LogP contribution in [-0.2, 0) is 4.79 Å². The molecule has 1 aromatic carbocycles. The van der Waals surface area contributed by atoms with Crippen LogP contribution in [0.3, 0.4) is 0 Å². The molecular weight excluding hydrogens is 403 g/mol. The molecule has 2 bridgehead atoms. The molecular formula is C20H20F3N3O2S. The van der Waals surface area contributed by atoms with Gasteiger partial charge in [-0.05, 0) is 50.0 Å². The molecule has 2 N–H and O–H groups in total. The molecule has 5 nitrogen and oxygen atoms in total. The van der Waals surface area contributed by atoms with Gasteiger partial charge in [-0.25, -0.2) is 0 Å². The first kappa shape index (κ1) is 19.9. The lowest BCUT2D eigenvalue weighted by Crippen LogP contribution is -2.57. The van der Waals surface area contributed by atoms with Gasteiger partial charge in [-0.3, -0.25) is 9.59 Å². The normalized spacial score (nSPS) is 23.6. The van der Waals surface area contributed by atoms with E-state index in [9.17, 15) is 22.8 Å². The summed E-state index contributed by atoms with van der Waals surface area (Å²) in [6, 6.07) is 9.73. The molecule has 0 saturated carbocycles. The maximum atomic E-state index is 12.7. The number of rotatable bonds is 4. The van der Waals surface area contributed by atoms with Crippen LogP contribution in [-0.4, -0.2) is 48.6 Å². The summed E-state index contributed by atoms with van der Waals surface area (Å²) in [5.41, 5.74) is 0.498. The first-order valence-electron chi connectivity index (χ1n) is 9.42. The highest BCUT2D eigenvalue weighted by Gasteiger charge is 2.39. The Morgan fingerprint density at radius 3 is 2.45 bits per heavy atom. The first-order valence-corrected chi connectivity index (χ1v) is 10.2. The number of anilines is 1. The molecule has 3 aliphatic heterocycles. The van der Waals surface area contributed by atoms with Crippen molar-refractivity contribution in [2.75, 3.05) is 25.0 Å². The second-order valence-corrected chi connectivity index (χ2v) is 8.46. The van der Waals surface area contributed by atoms with Crippen LogP contribution in [0.25, 0.3) is 10.4 Å². The smallest absolute Gasteiger partial charge is 0.347 e. The minimum Gasteiger partial charge on any atom is -0.347 e. The van der Waals surface area contributed by atoms with Crippen molar-refractivity contribution in [1.29, 1.82) is 0 Å². The molecule has 3 aliphatic rings. The number of amides is 2. The second-order valence-electron chi connectivity index (χ2n) is 7.38. The largest absolute Gasteiger partial charge is 0.471 e.